The molecule has 1 atom stereocenters. The Kier molecular flexibility index (Phi) is 4.66. The fraction of sp³-hybridized carbons (Fsp3) is 0.167. The van der Waals surface area contributed by atoms with Crippen LogP contribution in [0.25, 0.3) is 6.08 Å². The van der Waals surface area contributed by atoms with Gasteiger partial charge in [-0.15, -0.1) is 11.3 Å². The molecule has 1 aromatic heterocycles. The lowest BCUT2D eigenvalue weighted by Gasteiger charge is -2.11. The van der Waals surface area contributed by atoms with Gasteiger partial charge in [0.1, 0.15) is 5.82 Å². The standard InChI is InChI=1S/C18H15FN2O2S/c1-12-16(11-13-4-6-14(19)7-5-13)18(23)21(20-12)17(22)9-8-15-3-2-10-24-15/h2-10,16H,11H2,1H3. The summed E-state index contributed by atoms with van der Waals surface area (Å²) in [6.45, 7) is 1.72. The van der Waals surface area contributed by atoms with Crippen molar-refractivity contribution in [3.63, 3.8) is 0 Å². The van der Waals surface area contributed by atoms with Gasteiger partial charge in [0, 0.05) is 16.7 Å². The van der Waals surface area contributed by atoms with Gasteiger partial charge in [0.25, 0.3) is 11.8 Å². The molecule has 6 heteroatoms. The van der Waals surface area contributed by atoms with Gasteiger partial charge in [0.05, 0.1) is 5.92 Å². The first kappa shape index (κ1) is 16.3. The van der Waals surface area contributed by atoms with Gasteiger partial charge < -0.3 is 0 Å². The number of thiophene rings is 1. The maximum absolute atomic E-state index is 13.0. The van der Waals surface area contributed by atoms with E-state index in [2.05, 4.69) is 5.10 Å². The second-order valence-corrected chi connectivity index (χ2v) is 6.44. The van der Waals surface area contributed by atoms with E-state index in [-0.39, 0.29) is 11.7 Å². The first-order valence-corrected chi connectivity index (χ1v) is 8.31. The Bertz CT molecular complexity index is 810. The summed E-state index contributed by atoms with van der Waals surface area (Å²) in [5.74, 6) is -1.63. The van der Waals surface area contributed by atoms with Gasteiger partial charge in [-0.3, -0.25) is 9.59 Å². The summed E-state index contributed by atoms with van der Waals surface area (Å²) in [4.78, 5) is 25.6. The van der Waals surface area contributed by atoms with E-state index < -0.39 is 11.8 Å². The third-order valence-corrected chi connectivity index (χ3v) is 4.60. The maximum atomic E-state index is 13.0. The normalized spacial score (nSPS) is 17.6. The van der Waals surface area contributed by atoms with Gasteiger partial charge in [-0.05, 0) is 48.6 Å². The molecule has 0 fully saturated rings. The lowest BCUT2D eigenvalue weighted by Crippen LogP contribution is -2.32. The van der Waals surface area contributed by atoms with Crippen LogP contribution in [-0.2, 0) is 16.0 Å². The van der Waals surface area contributed by atoms with Crippen LogP contribution in [0.5, 0.6) is 0 Å². The molecule has 122 valence electrons. The Hall–Kier alpha value is -2.60. The number of carbonyl (C=O) groups excluding carboxylic acids is 2. The molecule has 0 spiro atoms. The summed E-state index contributed by atoms with van der Waals surface area (Å²) in [6, 6.07) is 9.75. The molecule has 4 nitrogen and oxygen atoms in total. The van der Waals surface area contributed by atoms with Crippen LogP contribution >= 0.6 is 11.3 Å². The van der Waals surface area contributed by atoms with Crippen molar-refractivity contribution in [3.8, 4) is 0 Å². The molecule has 0 radical (unpaired) electrons. The summed E-state index contributed by atoms with van der Waals surface area (Å²) in [6.07, 6.45) is 3.41. The molecule has 0 saturated heterocycles. The number of nitrogens with zero attached hydrogens (tertiary/aromatic N) is 2. The number of halogens is 1. The summed E-state index contributed by atoms with van der Waals surface area (Å²) < 4.78 is 13.0. The quantitative estimate of drug-likeness (QED) is 0.799. The van der Waals surface area contributed by atoms with Crippen LogP contribution in [0.4, 0.5) is 4.39 Å². The first-order chi connectivity index (χ1) is 11.5. The third kappa shape index (κ3) is 3.49. The Morgan fingerprint density at radius 2 is 2.08 bits per heavy atom. The van der Waals surface area contributed by atoms with E-state index in [9.17, 15) is 14.0 Å². The number of hydrogen-bond acceptors (Lipinski definition) is 4. The number of benzene rings is 1. The average Bonchev–Trinajstić information content (AvgIpc) is 3.18. The predicted octanol–water partition coefficient (Wildman–Crippen LogP) is 3.50. The summed E-state index contributed by atoms with van der Waals surface area (Å²) in [5, 5.41) is 6.91. The zero-order chi connectivity index (χ0) is 17.1. The van der Waals surface area contributed by atoms with Crippen LogP contribution in [0.3, 0.4) is 0 Å². The molecule has 0 saturated carbocycles. The van der Waals surface area contributed by atoms with E-state index >= 15 is 0 Å². The van der Waals surface area contributed by atoms with Crippen molar-refractivity contribution in [3.05, 3.63) is 64.1 Å². The van der Waals surface area contributed by atoms with Crippen LogP contribution in [-0.4, -0.2) is 22.5 Å². The number of hydrazone groups is 1. The Labute approximate surface area is 142 Å². The SMILES string of the molecule is CC1=NN(C(=O)C=Cc2cccs2)C(=O)C1Cc1ccc(F)cc1. The highest BCUT2D eigenvalue weighted by Gasteiger charge is 2.36. The van der Waals surface area contributed by atoms with Crippen LogP contribution in [0.1, 0.15) is 17.4 Å². The van der Waals surface area contributed by atoms with Crippen molar-refractivity contribution in [2.75, 3.05) is 0 Å². The molecule has 1 aromatic carbocycles. The fourth-order valence-electron chi connectivity index (χ4n) is 2.46. The minimum Gasteiger partial charge on any atom is -0.272 e. The molecule has 2 amide bonds. The first-order valence-electron chi connectivity index (χ1n) is 7.43. The van der Waals surface area contributed by atoms with E-state index in [0.717, 1.165) is 15.4 Å². The maximum Gasteiger partial charge on any atom is 0.273 e. The van der Waals surface area contributed by atoms with Crippen molar-refractivity contribution < 1.29 is 14.0 Å². The second kappa shape index (κ2) is 6.88. The van der Waals surface area contributed by atoms with Gasteiger partial charge in [0.15, 0.2) is 0 Å². The van der Waals surface area contributed by atoms with E-state index in [1.807, 2.05) is 17.5 Å². The van der Waals surface area contributed by atoms with Crippen molar-refractivity contribution in [1.29, 1.82) is 0 Å². The lowest BCUT2D eigenvalue weighted by molar-refractivity contribution is -0.141. The largest absolute Gasteiger partial charge is 0.273 e. The van der Waals surface area contributed by atoms with Gasteiger partial charge in [-0.1, -0.05) is 18.2 Å². The average molecular weight is 342 g/mol. The lowest BCUT2D eigenvalue weighted by atomic mass is 9.95. The monoisotopic (exact) mass is 342 g/mol. The highest BCUT2D eigenvalue weighted by atomic mass is 32.1. The second-order valence-electron chi connectivity index (χ2n) is 5.46. The van der Waals surface area contributed by atoms with Crippen molar-refractivity contribution in [1.82, 2.24) is 5.01 Å². The van der Waals surface area contributed by atoms with E-state index in [0.29, 0.717) is 12.1 Å². The number of hydrogen-bond donors (Lipinski definition) is 0. The molecule has 0 bridgehead atoms. The molecule has 2 heterocycles. The Morgan fingerprint density at radius 3 is 2.75 bits per heavy atom. The van der Waals surface area contributed by atoms with Crippen LogP contribution in [0.2, 0.25) is 0 Å². The number of imide groups is 1. The van der Waals surface area contributed by atoms with Gasteiger partial charge >= 0.3 is 0 Å². The minimum atomic E-state index is -0.491. The van der Waals surface area contributed by atoms with Crippen molar-refractivity contribution in [2.24, 2.45) is 11.0 Å². The summed E-state index contributed by atoms with van der Waals surface area (Å²) in [7, 11) is 0. The number of carbonyl (C=O) groups is 2. The van der Waals surface area contributed by atoms with E-state index in [1.165, 1.54) is 29.5 Å². The zero-order valence-corrected chi connectivity index (χ0v) is 13.8. The topological polar surface area (TPSA) is 49.7 Å². The fourth-order valence-corrected chi connectivity index (χ4v) is 3.08. The van der Waals surface area contributed by atoms with Crippen molar-refractivity contribution in [2.45, 2.75) is 13.3 Å². The minimum absolute atomic E-state index is 0.322. The molecular formula is C18H15FN2O2S. The molecule has 0 aliphatic carbocycles. The highest BCUT2D eigenvalue weighted by molar-refractivity contribution is 7.10. The molecular weight excluding hydrogens is 327 g/mol. The van der Waals surface area contributed by atoms with Gasteiger partial charge in [0.2, 0.25) is 0 Å². The molecule has 1 aliphatic rings. The predicted molar refractivity (Wildman–Crippen MR) is 91.9 cm³/mol. The molecule has 24 heavy (non-hydrogen) atoms. The van der Waals surface area contributed by atoms with E-state index in [4.69, 9.17) is 0 Å². The zero-order valence-electron chi connectivity index (χ0n) is 13.0. The van der Waals surface area contributed by atoms with E-state index in [1.54, 1.807) is 25.1 Å². The highest BCUT2D eigenvalue weighted by Crippen LogP contribution is 2.21. The number of amides is 2. The third-order valence-electron chi connectivity index (χ3n) is 3.76. The molecule has 1 unspecified atom stereocenters. The Balaban J connectivity index is 1.70. The van der Waals surface area contributed by atoms with Crippen LogP contribution < -0.4 is 0 Å². The van der Waals surface area contributed by atoms with Crippen LogP contribution in [0.15, 0.2) is 53.0 Å². The molecule has 3 rings (SSSR count). The van der Waals surface area contributed by atoms with Gasteiger partial charge in [-0.25, -0.2) is 4.39 Å². The summed E-state index contributed by atoms with van der Waals surface area (Å²) >= 11 is 1.50. The summed E-state index contributed by atoms with van der Waals surface area (Å²) in [5.41, 5.74) is 1.41. The smallest absolute Gasteiger partial charge is 0.272 e. The number of rotatable bonds is 4. The molecule has 1 aliphatic heterocycles. The van der Waals surface area contributed by atoms with Crippen molar-refractivity contribution >= 4 is 34.9 Å². The Morgan fingerprint density at radius 1 is 1.33 bits per heavy atom. The van der Waals surface area contributed by atoms with Gasteiger partial charge in [-0.2, -0.15) is 10.1 Å². The van der Waals surface area contributed by atoms with Crippen LogP contribution in [0, 0.1) is 11.7 Å². The molecule has 2 aromatic rings. The molecule has 0 N–H and O–H groups in total.